The van der Waals surface area contributed by atoms with Gasteiger partial charge in [-0.25, -0.2) is 0 Å². The van der Waals surface area contributed by atoms with E-state index >= 15 is 0 Å². The molecule has 3 heteroatoms. The van der Waals surface area contributed by atoms with Gasteiger partial charge in [-0.15, -0.1) is 0 Å². The number of halogens is 1. The molecule has 0 bridgehead atoms. The van der Waals surface area contributed by atoms with Gasteiger partial charge in [-0.05, 0) is 0 Å². The van der Waals surface area contributed by atoms with Crippen molar-refractivity contribution in [2.45, 2.75) is 45.1 Å². The Hall–Kier alpha value is -2.25. The van der Waals surface area contributed by atoms with Crippen LogP contribution in [0.5, 0.6) is 0 Å². The average Bonchev–Trinajstić information content (AvgIpc) is 2.96. The minimum atomic E-state index is -2.76. The maximum absolute atomic E-state index is 5.85. The fourth-order valence-electron chi connectivity index (χ4n) is 5.14. The molecule has 0 aliphatic heterocycles. The molecule has 36 heavy (non-hydrogen) atoms. The van der Waals surface area contributed by atoms with Crippen LogP contribution in [-0.4, -0.2) is 12.8 Å². The van der Waals surface area contributed by atoms with Crippen LogP contribution in [0.1, 0.15) is 44.1 Å². The van der Waals surface area contributed by atoms with Crippen molar-refractivity contribution >= 4 is 36.7 Å². The molecule has 4 rings (SSSR count). The summed E-state index contributed by atoms with van der Waals surface area (Å²) in [7, 11) is 0. The molecule has 0 heterocycles. The Labute approximate surface area is 225 Å². The first-order valence-electron chi connectivity index (χ1n) is 13.2. The summed E-state index contributed by atoms with van der Waals surface area (Å²) in [6.07, 6.45) is 8.51. The fourth-order valence-corrected chi connectivity index (χ4v) is 12.9. The van der Waals surface area contributed by atoms with E-state index in [0.29, 0.717) is 0 Å². The topological polar surface area (TPSA) is 9.23 Å². The van der Waals surface area contributed by atoms with E-state index in [0.717, 1.165) is 25.8 Å². The van der Waals surface area contributed by atoms with Crippen LogP contribution in [0.3, 0.4) is 0 Å². The molecule has 0 saturated carbocycles. The van der Waals surface area contributed by atoms with E-state index in [4.69, 9.17) is 4.74 Å². The first-order chi connectivity index (χ1) is 17.7. The number of hydrogen-bond donors (Lipinski definition) is 0. The summed E-state index contributed by atoms with van der Waals surface area (Å²) < 4.78 is 5.85. The Balaban J connectivity index is 1.36. The third kappa shape index (κ3) is 6.35. The van der Waals surface area contributed by atoms with Crippen molar-refractivity contribution in [1.82, 2.24) is 0 Å². The SMILES string of the molecule is BrP(CCCCCCCCOCc1ccccc1)(c1ccccc1)(c1ccccc1)c1ccccc1. The van der Waals surface area contributed by atoms with Crippen LogP contribution < -0.4 is 15.9 Å². The van der Waals surface area contributed by atoms with Crippen molar-refractivity contribution < 1.29 is 4.74 Å². The van der Waals surface area contributed by atoms with Crippen LogP contribution in [0.2, 0.25) is 0 Å². The van der Waals surface area contributed by atoms with Crippen molar-refractivity contribution in [3.8, 4) is 0 Å². The van der Waals surface area contributed by atoms with Gasteiger partial charge in [0.25, 0.3) is 0 Å². The van der Waals surface area contributed by atoms with Gasteiger partial charge in [0.2, 0.25) is 0 Å². The van der Waals surface area contributed by atoms with Gasteiger partial charge in [-0.1, -0.05) is 18.2 Å². The van der Waals surface area contributed by atoms with Gasteiger partial charge in [0, 0.05) is 0 Å². The zero-order valence-electron chi connectivity index (χ0n) is 21.1. The van der Waals surface area contributed by atoms with E-state index in [9.17, 15) is 0 Å². The molecule has 0 spiro atoms. The van der Waals surface area contributed by atoms with Crippen molar-refractivity contribution in [1.29, 1.82) is 0 Å². The molecule has 0 aromatic heterocycles. The number of rotatable bonds is 14. The number of benzene rings is 4. The Bertz CT molecular complexity index is 1050. The molecule has 0 amide bonds. The molecule has 1 nitrogen and oxygen atoms in total. The average molecular weight is 562 g/mol. The van der Waals surface area contributed by atoms with E-state index in [1.54, 1.807) is 0 Å². The molecule has 4 aromatic carbocycles. The number of hydrogen-bond acceptors (Lipinski definition) is 1. The molecular formula is C33H38BrOP. The second kappa shape index (κ2) is 13.3. The van der Waals surface area contributed by atoms with Crippen molar-refractivity contribution in [2.24, 2.45) is 0 Å². The molecule has 4 aromatic rings. The zero-order valence-corrected chi connectivity index (χ0v) is 23.6. The van der Waals surface area contributed by atoms with Crippen molar-refractivity contribution in [3.05, 3.63) is 127 Å². The van der Waals surface area contributed by atoms with E-state index in [1.807, 2.05) is 6.07 Å². The van der Waals surface area contributed by atoms with Gasteiger partial charge < -0.3 is 0 Å². The predicted molar refractivity (Wildman–Crippen MR) is 163 cm³/mol. The molecule has 188 valence electrons. The first-order valence-corrected chi connectivity index (χ1v) is 17.7. The number of ether oxygens (including phenoxy) is 1. The number of unbranched alkanes of at least 4 members (excludes halogenated alkanes) is 5. The summed E-state index contributed by atoms with van der Waals surface area (Å²) in [5, 5.41) is 1.48. The molecule has 0 radical (unpaired) electrons. The first kappa shape index (κ1) is 26.8. The van der Waals surface area contributed by atoms with Gasteiger partial charge in [0.05, 0.1) is 0 Å². The zero-order chi connectivity index (χ0) is 25.0. The van der Waals surface area contributed by atoms with Gasteiger partial charge in [-0.2, -0.15) is 0 Å². The van der Waals surface area contributed by atoms with E-state index in [1.165, 1.54) is 53.6 Å². The summed E-state index contributed by atoms with van der Waals surface area (Å²) in [6.45, 7) is 1.57. The second-order valence-corrected chi connectivity index (χ2v) is 18.6. The van der Waals surface area contributed by atoms with Crippen molar-refractivity contribution in [3.63, 3.8) is 0 Å². The maximum atomic E-state index is 5.85. The predicted octanol–water partition coefficient (Wildman–Crippen LogP) is 8.38. The van der Waals surface area contributed by atoms with E-state index < -0.39 is 5.31 Å². The second-order valence-electron chi connectivity index (χ2n) is 9.57. The Morgan fingerprint density at radius 1 is 0.472 bits per heavy atom. The van der Waals surface area contributed by atoms with Crippen LogP contribution in [0.25, 0.3) is 0 Å². The minimum absolute atomic E-state index is 0.720. The molecule has 0 aliphatic carbocycles. The van der Waals surface area contributed by atoms with Crippen LogP contribution in [0.15, 0.2) is 121 Å². The molecule has 0 fully saturated rings. The molecule has 0 aliphatic rings. The quantitative estimate of drug-likeness (QED) is 0.111. The Morgan fingerprint density at radius 3 is 1.33 bits per heavy atom. The third-order valence-electron chi connectivity index (χ3n) is 7.11. The molecule has 0 saturated heterocycles. The van der Waals surface area contributed by atoms with E-state index in [-0.39, 0.29) is 0 Å². The third-order valence-corrected chi connectivity index (χ3v) is 17.1. The van der Waals surface area contributed by atoms with Crippen LogP contribution in [0, 0.1) is 0 Å². The summed E-state index contributed by atoms with van der Waals surface area (Å²) in [4.78, 5) is 0. The van der Waals surface area contributed by atoms with Gasteiger partial charge in [-0.3, -0.25) is 0 Å². The van der Waals surface area contributed by atoms with Gasteiger partial charge >= 0.3 is 208 Å². The van der Waals surface area contributed by atoms with E-state index in [2.05, 4.69) is 131 Å². The van der Waals surface area contributed by atoms with Crippen LogP contribution >= 0.6 is 20.8 Å². The normalized spacial score (nSPS) is 12.6. The molecule has 0 atom stereocenters. The van der Waals surface area contributed by atoms with Crippen molar-refractivity contribution in [2.75, 3.05) is 12.8 Å². The summed E-state index contributed by atoms with van der Waals surface area (Å²) >= 11 is 4.56. The van der Waals surface area contributed by atoms with Crippen LogP contribution in [0.4, 0.5) is 0 Å². The monoisotopic (exact) mass is 560 g/mol. The molecular weight excluding hydrogens is 523 g/mol. The fraction of sp³-hybridized carbons (Fsp3) is 0.273. The van der Waals surface area contributed by atoms with Gasteiger partial charge in [0.15, 0.2) is 0 Å². The molecule has 0 unspecified atom stereocenters. The summed E-state index contributed by atoms with van der Waals surface area (Å²) in [5.41, 5.74) is 1.25. The van der Waals surface area contributed by atoms with Gasteiger partial charge in [0.1, 0.15) is 0 Å². The Kier molecular flexibility index (Phi) is 9.93. The summed E-state index contributed by atoms with van der Waals surface area (Å²) in [5.74, 6) is 0. The standard InChI is InChI=1S/C33H38BrOP/c34-36(31-21-11-6-12-22-31,32-23-13-7-14-24-32,33-25-15-8-16-26-33)28-18-4-2-1-3-17-27-35-29-30-19-9-5-10-20-30/h5-16,19-26H,1-4,17-18,27-29H2. The molecule has 0 N–H and O–H groups in total. The summed E-state index contributed by atoms with van der Waals surface area (Å²) in [6, 6.07) is 43.8. The Morgan fingerprint density at radius 2 is 0.861 bits per heavy atom. The van der Waals surface area contributed by atoms with Crippen LogP contribution in [-0.2, 0) is 11.3 Å².